The van der Waals surface area contributed by atoms with Crippen LogP contribution in [-0.4, -0.2) is 12.5 Å². The van der Waals surface area contributed by atoms with E-state index in [1.165, 1.54) is 6.07 Å². The first-order valence-electron chi connectivity index (χ1n) is 6.26. The van der Waals surface area contributed by atoms with Crippen LogP contribution < -0.4 is 10.6 Å². The van der Waals surface area contributed by atoms with E-state index in [2.05, 4.69) is 4.99 Å². The van der Waals surface area contributed by atoms with Gasteiger partial charge in [-0.15, -0.1) is 0 Å². The number of anilines is 1. The van der Waals surface area contributed by atoms with Gasteiger partial charge in [-0.2, -0.15) is 0 Å². The fourth-order valence-electron chi connectivity index (χ4n) is 2.37. The molecule has 0 saturated carbocycles. The van der Waals surface area contributed by atoms with Crippen molar-refractivity contribution in [3.05, 3.63) is 64.9 Å². The summed E-state index contributed by atoms with van der Waals surface area (Å²) in [5.74, 6) is 0.0132. The molecule has 102 valence electrons. The summed E-state index contributed by atoms with van der Waals surface area (Å²) in [7, 11) is 0. The highest BCUT2D eigenvalue weighted by Gasteiger charge is 2.29. The van der Waals surface area contributed by atoms with E-state index in [1.54, 1.807) is 12.1 Å². The Bertz CT molecular complexity index is 657. The molecule has 0 saturated heterocycles. The van der Waals surface area contributed by atoms with Crippen molar-refractivity contribution in [1.29, 1.82) is 0 Å². The monoisotopic (exact) mass is 289 g/mol. The quantitative estimate of drug-likeness (QED) is 0.921. The Morgan fingerprint density at radius 2 is 1.95 bits per heavy atom. The smallest absolute Gasteiger partial charge is 0.196 e. The molecule has 2 aromatic rings. The van der Waals surface area contributed by atoms with Gasteiger partial charge in [-0.1, -0.05) is 35.9 Å². The molecule has 1 atom stereocenters. The van der Waals surface area contributed by atoms with E-state index < -0.39 is 5.82 Å². The average Bonchev–Trinajstić information content (AvgIpc) is 2.85. The average molecular weight is 290 g/mol. The zero-order chi connectivity index (χ0) is 14.1. The number of nitrogens with zero attached hydrogens (tertiary/aromatic N) is 2. The second-order valence-electron chi connectivity index (χ2n) is 4.59. The number of hydrogen-bond acceptors (Lipinski definition) is 3. The molecular formula is C15H13ClFN3. The minimum absolute atomic E-state index is 0.107. The van der Waals surface area contributed by atoms with E-state index in [0.29, 0.717) is 12.5 Å². The summed E-state index contributed by atoms with van der Waals surface area (Å²) >= 11 is 5.73. The lowest BCUT2D eigenvalue weighted by Gasteiger charge is -2.26. The van der Waals surface area contributed by atoms with Crippen LogP contribution in [-0.2, 0) is 0 Å². The lowest BCUT2D eigenvalue weighted by atomic mass is 10.1. The van der Waals surface area contributed by atoms with Crippen molar-refractivity contribution in [1.82, 2.24) is 0 Å². The summed E-state index contributed by atoms with van der Waals surface area (Å²) in [6, 6.07) is 14.4. The van der Waals surface area contributed by atoms with Gasteiger partial charge in [0.2, 0.25) is 0 Å². The van der Waals surface area contributed by atoms with Crippen LogP contribution in [0, 0.1) is 5.82 Å². The number of rotatable bonds is 2. The van der Waals surface area contributed by atoms with Gasteiger partial charge in [0.25, 0.3) is 0 Å². The Labute approximate surface area is 121 Å². The van der Waals surface area contributed by atoms with Crippen molar-refractivity contribution in [2.75, 3.05) is 11.4 Å². The maximum absolute atomic E-state index is 13.6. The van der Waals surface area contributed by atoms with Gasteiger partial charge in [-0.25, -0.2) is 4.39 Å². The first-order valence-corrected chi connectivity index (χ1v) is 6.64. The standard InChI is InChI=1S/C15H13ClFN3/c16-12-7-6-10(8-13(12)17)14-9-19-15(18)20(14)11-4-2-1-3-5-11/h1-8,14H,9H2,(H2,18,19). The fraction of sp³-hybridized carbons (Fsp3) is 0.133. The van der Waals surface area contributed by atoms with Crippen LogP contribution in [0.15, 0.2) is 53.5 Å². The molecule has 1 heterocycles. The number of nitrogens with two attached hydrogens (primary N) is 1. The summed E-state index contributed by atoms with van der Waals surface area (Å²) in [6.07, 6.45) is 0. The molecule has 1 unspecified atom stereocenters. The Morgan fingerprint density at radius 3 is 2.65 bits per heavy atom. The summed E-state index contributed by atoms with van der Waals surface area (Å²) in [5.41, 5.74) is 7.70. The lowest BCUT2D eigenvalue weighted by molar-refractivity contribution is 0.622. The minimum Gasteiger partial charge on any atom is -0.369 e. The van der Waals surface area contributed by atoms with Gasteiger partial charge >= 0.3 is 0 Å². The van der Waals surface area contributed by atoms with E-state index in [-0.39, 0.29) is 11.1 Å². The van der Waals surface area contributed by atoms with Gasteiger partial charge < -0.3 is 10.6 Å². The molecule has 0 bridgehead atoms. The van der Waals surface area contributed by atoms with Crippen molar-refractivity contribution >= 4 is 23.2 Å². The van der Waals surface area contributed by atoms with Crippen molar-refractivity contribution in [3.8, 4) is 0 Å². The number of aliphatic imine (C=N–C) groups is 1. The molecule has 3 rings (SSSR count). The maximum Gasteiger partial charge on any atom is 0.196 e. The molecule has 1 aliphatic heterocycles. The van der Waals surface area contributed by atoms with Gasteiger partial charge in [-0.3, -0.25) is 4.99 Å². The Balaban J connectivity index is 1.99. The number of hydrogen-bond donors (Lipinski definition) is 1. The van der Waals surface area contributed by atoms with E-state index in [9.17, 15) is 4.39 Å². The molecule has 3 nitrogen and oxygen atoms in total. The topological polar surface area (TPSA) is 41.6 Å². The van der Waals surface area contributed by atoms with Crippen LogP contribution in [0.2, 0.25) is 5.02 Å². The molecule has 0 amide bonds. The summed E-state index contributed by atoms with van der Waals surface area (Å²) in [5, 5.41) is 0.117. The molecular weight excluding hydrogens is 277 g/mol. The van der Waals surface area contributed by atoms with Crippen LogP contribution >= 0.6 is 11.6 Å². The molecule has 0 spiro atoms. The van der Waals surface area contributed by atoms with Crippen molar-refractivity contribution in [2.24, 2.45) is 10.7 Å². The van der Waals surface area contributed by atoms with Crippen LogP contribution in [0.3, 0.4) is 0 Å². The van der Waals surface area contributed by atoms with Crippen LogP contribution in [0.1, 0.15) is 11.6 Å². The second-order valence-corrected chi connectivity index (χ2v) is 5.00. The Morgan fingerprint density at radius 1 is 1.20 bits per heavy atom. The zero-order valence-corrected chi connectivity index (χ0v) is 11.4. The van der Waals surface area contributed by atoms with Gasteiger partial charge in [0.05, 0.1) is 17.6 Å². The van der Waals surface area contributed by atoms with E-state index in [4.69, 9.17) is 17.3 Å². The highest BCUT2D eigenvalue weighted by atomic mass is 35.5. The largest absolute Gasteiger partial charge is 0.369 e. The first-order chi connectivity index (χ1) is 9.66. The van der Waals surface area contributed by atoms with Gasteiger partial charge in [0, 0.05) is 5.69 Å². The summed E-state index contributed by atoms with van der Waals surface area (Å²) in [6.45, 7) is 0.502. The molecule has 0 radical (unpaired) electrons. The SMILES string of the molecule is NC1=NCC(c2ccc(Cl)c(F)c2)N1c1ccccc1. The molecule has 0 aromatic heterocycles. The molecule has 1 aliphatic rings. The highest BCUT2D eigenvalue weighted by molar-refractivity contribution is 6.30. The molecule has 0 fully saturated rings. The van der Waals surface area contributed by atoms with Crippen molar-refractivity contribution in [2.45, 2.75) is 6.04 Å². The molecule has 0 aliphatic carbocycles. The third kappa shape index (κ3) is 2.23. The van der Waals surface area contributed by atoms with Gasteiger partial charge in [0.1, 0.15) is 5.82 Å². The zero-order valence-electron chi connectivity index (χ0n) is 10.6. The minimum atomic E-state index is -0.428. The van der Waals surface area contributed by atoms with E-state index in [0.717, 1.165) is 11.3 Å². The summed E-state index contributed by atoms with van der Waals surface area (Å²) < 4.78 is 13.6. The van der Waals surface area contributed by atoms with Crippen LogP contribution in [0.25, 0.3) is 0 Å². The van der Waals surface area contributed by atoms with Gasteiger partial charge in [-0.05, 0) is 29.8 Å². The normalized spacial score (nSPS) is 18.2. The predicted octanol–water partition coefficient (Wildman–Crippen LogP) is 3.36. The highest BCUT2D eigenvalue weighted by Crippen LogP contribution is 2.32. The number of halogens is 2. The van der Waals surface area contributed by atoms with Gasteiger partial charge in [0.15, 0.2) is 5.96 Å². The van der Waals surface area contributed by atoms with E-state index in [1.807, 2.05) is 35.2 Å². The predicted molar refractivity (Wildman–Crippen MR) is 79.6 cm³/mol. The fourth-order valence-corrected chi connectivity index (χ4v) is 2.49. The number of guanidine groups is 1. The number of benzene rings is 2. The first kappa shape index (κ1) is 12.9. The molecule has 2 N–H and O–H groups in total. The molecule has 2 aromatic carbocycles. The third-order valence-electron chi connectivity index (χ3n) is 3.35. The Kier molecular flexibility index (Phi) is 3.32. The molecule has 5 heteroatoms. The summed E-state index contributed by atoms with van der Waals surface area (Å²) in [4.78, 5) is 6.17. The van der Waals surface area contributed by atoms with Crippen LogP contribution in [0.5, 0.6) is 0 Å². The lowest BCUT2D eigenvalue weighted by Crippen LogP contribution is -2.36. The van der Waals surface area contributed by atoms with Crippen molar-refractivity contribution < 1.29 is 4.39 Å². The van der Waals surface area contributed by atoms with Crippen LogP contribution in [0.4, 0.5) is 10.1 Å². The third-order valence-corrected chi connectivity index (χ3v) is 3.65. The second kappa shape index (κ2) is 5.13. The Hall–Kier alpha value is -2.07. The van der Waals surface area contributed by atoms with E-state index >= 15 is 0 Å². The van der Waals surface area contributed by atoms with Crippen molar-refractivity contribution in [3.63, 3.8) is 0 Å². The maximum atomic E-state index is 13.6. The molecule has 20 heavy (non-hydrogen) atoms. The number of para-hydroxylation sites is 1.